The van der Waals surface area contributed by atoms with Gasteiger partial charge in [-0.1, -0.05) is 27.7 Å². The van der Waals surface area contributed by atoms with Crippen LogP contribution in [0.2, 0.25) is 0 Å². The van der Waals surface area contributed by atoms with Crippen LogP contribution in [0, 0.1) is 11.7 Å². The third-order valence-electron chi connectivity index (χ3n) is 3.64. The molecule has 1 aromatic carbocycles. The Kier molecular flexibility index (Phi) is 3.87. The molecule has 0 saturated carbocycles. The highest BCUT2D eigenvalue weighted by atomic mass is 32.2. The summed E-state index contributed by atoms with van der Waals surface area (Å²) < 4.78 is 25.8. The second-order valence-electron chi connectivity index (χ2n) is 5.34. The Morgan fingerprint density at radius 3 is 2.61 bits per heavy atom. The number of fused-ring (bicyclic) bond motifs is 1. The Bertz CT molecular complexity index is 475. The van der Waals surface area contributed by atoms with E-state index in [0.29, 0.717) is 6.04 Å². The lowest BCUT2D eigenvalue weighted by molar-refractivity contribution is 0.342. The molecule has 1 aliphatic heterocycles. The van der Waals surface area contributed by atoms with E-state index in [4.69, 9.17) is 0 Å². The summed E-state index contributed by atoms with van der Waals surface area (Å²) in [6.45, 7) is 8.22. The maximum atomic E-state index is 13.4. The van der Waals surface area contributed by atoms with Crippen molar-refractivity contribution in [1.29, 1.82) is 0 Å². The van der Waals surface area contributed by atoms with E-state index in [2.05, 4.69) is 26.1 Å². The lowest BCUT2D eigenvalue weighted by Crippen LogP contribution is -2.41. The molecule has 0 amide bonds. The molecule has 4 heteroatoms. The zero-order valence-corrected chi connectivity index (χ0v) is 12.1. The summed E-state index contributed by atoms with van der Waals surface area (Å²) in [6.07, 6.45) is 0. The van der Waals surface area contributed by atoms with Crippen LogP contribution in [0.3, 0.4) is 0 Å². The van der Waals surface area contributed by atoms with Gasteiger partial charge in [-0.3, -0.25) is 4.21 Å². The van der Waals surface area contributed by atoms with Crippen LogP contribution in [0.15, 0.2) is 23.1 Å². The molecule has 1 aromatic rings. The van der Waals surface area contributed by atoms with Gasteiger partial charge in [0.2, 0.25) is 0 Å². The summed E-state index contributed by atoms with van der Waals surface area (Å²) in [5.41, 5.74) is 0.854. The average molecular weight is 269 g/mol. The molecular formula is C14H20FNOS. The van der Waals surface area contributed by atoms with Gasteiger partial charge in [-0.2, -0.15) is 0 Å². The minimum Gasteiger partial charge on any atom is -0.307 e. The van der Waals surface area contributed by atoms with Gasteiger partial charge >= 0.3 is 0 Å². The SMILES string of the molecule is CC(C)NC1c2cc(F)ccc2S(=O)C(C)C1C. The first kappa shape index (κ1) is 13.7. The van der Waals surface area contributed by atoms with Crippen LogP contribution >= 0.6 is 0 Å². The van der Waals surface area contributed by atoms with Gasteiger partial charge < -0.3 is 5.32 Å². The first-order valence-corrected chi connectivity index (χ1v) is 7.59. The zero-order chi connectivity index (χ0) is 13.4. The Morgan fingerprint density at radius 1 is 1.33 bits per heavy atom. The van der Waals surface area contributed by atoms with Gasteiger partial charge in [-0.25, -0.2) is 4.39 Å². The molecule has 1 N–H and O–H groups in total. The van der Waals surface area contributed by atoms with Crippen LogP contribution in [0.1, 0.15) is 39.3 Å². The van der Waals surface area contributed by atoms with Crippen molar-refractivity contribution in [2.75, 3.05) is 0 Å². The molecular weight excluding hydrogens is 249 g/mol. The highest BCUT2D eigenvalue weighted by Crippen LogP contribution is 2.38. The molecule has 0 aliphatic carbocycles. The number of hydrogen-bond acceptors (Lipinski definition) is 2. The monoisotopic (exact) mass is 269 g/mol. The van der Waals surface area contributed by atoms with Crippen molar-refractivity contribution in [3.05, 3.63) is 29.6 Å². The number of hydrogen-bond donors (Lipinski definition) is 1. The maximum Gasteiger partial charge on any atom is 0.123 e. The molecule has 0 fully saturated rings. The molecule has 100 valence electrons. The van der Waals surface area contributed by atoms with Gasteiger partial charge in [0.1, 0.15) is 5.82 Å². The second kappa shape index (κ2) is 5.10. The highest BCUT2D eigenvalue weighted by molar-refractivity contribution is 7.85. The summed E-state index contributed by atoms with van der Waals surface area (Å²) in [6, 6.07) is 4.97. The van der Waals surface area contributed by atoms with E-state index >= 15 is 0 Å². The zero-order valence-electron chi connectivity index (χ0n) is 11.2. The van der Waals surface area contributed by atoms with Crippen LogP contribution in [-0.4, -0.2) is 15.5 Å². The highest BCUT2D eigenvalue weighted by Gasteiger charge is 2.36. The topological polar surface area (TPSA) is 29.1 Å². The van der Waals surface area contributed by atoms with Gasteiger partial charge in [0, 0.05) is 22.2 Å². The van der Waals surface area contributed by atoms with Gasteiger partial charge in [0.05, 0.1) is 10.8 Å². The first-order chi connectivity index (χ1) is 8.41. The standard InChI is InChI=1S/C14H20FNOS/c1-8(2)16-14-9(3)10(4)18(17)13-6-5-11(15)7-12(13)14/h5-10,14,16H,1-4H3. The fourth-order valence-electron chi connectivity index (χ4n) is 2.50. The van der Waals surface area contributed by atoms with Crippen LogP contribution in [0.5, 0.6) is 0 Å². The van der Waals surface area contributed by atoms with Crippen LogP contribution in [0.25, 0.3) is 0 Å². The van der Waals surface area contributed by atoms with Crippen molar-refractivity contribution in [2.24, 2.45) is 5.92 Å². The van der Waals surface area contributed by atoms with E-state index in [-0.39, 0.29) is 23.0 Å². The number of rotatable bonds is 2. The molecule has 2 nitrogen and oxygen atoms in total. The summed E-state index contributed by atoms with van der Waals surface area (Å²) in [5.74, 6) is -0.0365. The number of benzene rings is 1. The third kappa shape index (κ3) is 2.36. The summed E-state index contributed by atoms with van der Waals surface area (Å²) in [5, 5.41) is 3.55. The van der Waals surface area contributed by atoms with E-state index < -0.39 is 10.8 Å². The third-order valence-corrected chi connectivity index (χ3v) is 5.55. The molecule has 4 unspecified atom stereocenters. The van der Waals surface area contributed by atoms with E-state index in [9.17, 15) is 8.60 Å². The molecule has 18 heavy (non-hydrogen) atoms. The molecule has 0 spiro atoms. The van der Waals surface area contributed by atoms with E-state index in [1.165, 1.54) is 12.1 Å². The van der Waals surface area contributed by atoms with E-state index in [1.54, 1.807) is 6.07 Å². The number of halogens is 1. The predicted molar refractivity (Wildman–Crippen MR) is 72.4 cm³/mol. The molecule has 1 heterocycles. The largest absolute Gasteiger partial charge is 0.307 e. The lowest BCUT2D eigenvalue weighted by atomic mass is 9.90. The fourth-order valence-corrected chi connectivity index (χ4v) is 4.06. The predicted octanol–water partition coefficient (Wildman–Crippen LogP) is 3.01. The first-order valence-electron chi connectivity index (χ1n) is 6.38. The molecule has 0 radical (unpaired) electrons. The average Bonchev–Trinajstić information content (AvgIpc) is 2.31. The van der Waals surface area contributed by atoms with Gasteiger partial charge in [0.25, 0.3) is 0 Å². The second-order valence-corrected chi connectivity index (χ2v) is 7.12. The summed E-state index contributed by atoms with van der Waals surface area (Å²) in [7, 11) is -1.04. The van der Waals surface area contributed by atoms with Gasteiger partial charge in [-0.05, 0) is 29.7 Å². The molecule has 2 rings (SSSR count). The van der Waals surface area contributed by atoms with Crippen molar-refractivity contribution in [2.45, 2.75) is 49.9 Å². The van der Waals surface area contributed by atoms with E-state index in [0.717, 1.165) is 10.5 Å². The summed E-state index contributed by atoms with van der Waals surface area (Å²) in [4.78, 5) is 0.778. The smallest absolute Gasteiger partial charge is 0.123 e. The van der Waals surface area contributed by atoms with Crippen LogP contribution in [0.4, 0.5) is 4.39 Å². The molecule has 1 aliphatic rings. The van der Waals surface area contributed by atoms with Crippen molar-refractivity contribution in [3.8, 4) is 0 Å². The summed E-state index contributed by atoms with van der Waals surface area (Å²) >= 11 is 0. The van der Waals surface area contributed by atoms with Crippen molar-refractivity contribution in [1.82, 2.24) is 5.32 Å². The normalized spacial score (nSPS) is 31.4. The molecule has 4 atom stereocenters. The minimum atomic E-state index is -1.04. The molecule has 0 bridgehead atoms. The Hall–Kier alpha value is -0.740. The maximum absolute atomic E-state index is 13.4. The van der Waals surface area contributed by atoms with Gasteiger partial charge in [-0.15, -0.1) is 0 Å². The minimum absolute atomic E-state index is 0.0726. The Labute approximate surface area is 110 Å². The van der Waals surface area contributed by atoms with Crippen LogP contribution in [-0.2, 0) is 10.8 Å². The fraction of sp³-hybridized carbons (Fsp3) is 0.571. The van der Waals surface area contributed by atoms with Crippen molar-refractivity contribution in [3.63, 3.8) is 0 Å². The molecule has 0 saturated heterocycles. The number of nitrogens with one attached hydrogen (secondary N) is 1. The van der Waals surface area contributed by atoms with Crippen LogP contribution < -0.4 is 5.32 Å². The van der Waals surface area contributed by atoms with E-state index in [1.807, 2.05) is 6.92 Å². The van der Waals surface area contributed by atoms with Crippen molar-refractivity contribution >= 4 is 10.8 Å². The lowest BCUT2D eigenvalue weighted by Gasteiger charge is -2.37. The quantitative estimate of drug-likeness (QED) is 0.894. The Balaban J connectivity index is 2.50. The van der Waals surface area contributed by atoms with Crippen molar-refractivity contribution < 1.29 is 8.60 Å². The van der Waals surface area contributed by atoms with Gasteiger partial charge in [0.15, 0.2) is 0 Å². The molecule has 0 aromatic heterocycles. The Morgan fingerprint density at radius 2 is 2.00 bits per heavy atom.